The first kappa shape index (κ1) is 31.9. The smallest absolute Gasteiger partial charge is 0.357 e. The number of hydrogen-bond acceptors (Lipinski definition) is 18. The highest BCUT2D eigenvalue weighted by Crippen LogP contribution is 2.52. The third-order valence-corrected chi connectivity index (χ3v) is 7.24. The van der Waals surface area contributed by atoms with Gasteiger partial charge in [0.15, 0.2) is 34.9 Å². The van der Waals surface area contributed by atoms with Crippen molar-refractivity contribution in [2.45, 2.75) is 30.4 Å². The number of carbonyl (C=O) groups is 1. The van der Waals surface area contributed by atoms with Crippen LogP contribution in [0.1, 0.15) is 10.4 Å². The summed E-state index contributed by atoms with van der Waals surface area (Å²) in [5.74, 6) is -14.6. The SMILES string of the molecule is O=C(OC1(O)OC(CO)C(O)C(O)C1O)c1cc(O)c(O)c(O)c1-c1c(O)cc2oc(-c3ccc(O)c(O)c3)c(O)c(=O)c2c1O. The van der Waals surface area contributed by atoms with E-state index in [1.807, 2.05) is 0 Å². The maximum atomic E-state index is 13.3. The molecule has 0 spiro atoms. The quantitative estimate of drug-likeness (QED) is 0.0704. The van der Waals surface area contributed by atoms with Gasteiger partial charge in [0.2, 0.25) is 16.9 Å². The number of benzene rings is 3. The van der Waals surface area contributed by atoms with Gasteiger partial charge < -0.3 is 80.3 Å². The summed E-state index contributed by atoms with van der Waals surface area (Å²) in [6.07, 6.45) is -8.60. The standard InChI is InChI=1S/C28H24O18/c29-6-14-19(35)24(40)26(41)28(43,45-14)46-27(42)8-4-12(33)18(34)21(37)15(8)16-11(32)5-13-17(20(16)36)22(38)23(39)25(44-13)7-1-2-9(30)10(31)3-7/h1-5,14,19,24,26,29-37,39-41,43H,6H2. The van der Waals surface area contributed by atoms with E-state index in [4.69, 9.17) is 13.9 Å². The number of rotatable bonds is 5. The van der Waals surface area contributed by atoms with Crippen molar-refractivity contribution in [2.75, 3.05) is 6.61 Å². The Kier molecular flexibility index (Phi) is 7.73. The minimum absolute atomic E-state index is 0.132. The van der Waals surface area contributed by atoms with Gasteiger partial charge in [0.1, 0.15) is 40.8 Å². The first-order chi connectivity index (χ1) is 21.5. The average Bonchev–Trinajstić information content (AvgIpc) is 3.00. The van der Waals surface area contributed by atoms with Gasteiger partial charge in [-0.15, -0.1) is 0 Å². The molecule has 0 saturated carbocycles. The maximum absolute atomic E-state index is 13.3. The average molecular weight is 648 g/mol. The van der Waals surface area contributed by atoms with Crippen LogP contribution in [0.5, 0.6) is 46.0 Å². The third-order valence-electron chi connectivity index (χ3n) is 7.24. The van der Waals surface area contributed by atoms with Crippen LogP contribution < -0.4 is 5.43 Å². The molecule has 18 nitrogen and oxygen atoms in total. The number of carbonyl (C=O) groups excluding carboxylic acids is 1. The normalized spacial score (nSPS) is 23.0. The molecular weight excluding hydrogens is 624 g/mol. The zero-order valence-corrected chi connectivity index (χ0v) is 22.8. The van der Waals surface area contributed by atoms with E-state index < -0.39 is 128 Å². The number of phenols is 7. The van der Waals surface area contributed by atoms with E-state index in [2.05, 4.69) is 0 Å². The molecule has 0 bridgehead atoms. The van der Waals surface area contributed by atoms with Crippen LogP contribution in [0.3, 0.4) is 0 Å². The molecule has 13 N–H and O–H groups in total. The van der Waals surface area contributed by atoms with E-state index in [-0.39, 0.29) is 5.56 Å². The molecule has 5 rings (SSSR count). The topological polar surface area (TPSA) is 329 Å². The van der Waals surface area contributed by atoms with E-state index in [1.54, 1.807) is 0 Å². The lowest BCUT2D eigenvalue weighted by atomic mass is 9.93. The van der Waals surface area contributed by atoms with Crippen LogP contribution in [0, 0.1) is 0 Å². The van der Waals surface area contributed by atoms with Crippen molar-refractivity contribution in [2.24, 2.45) is 0 Å². The predicted octanol–water partition coefficient (Wildman–Crippen LogP) is -0.951. The zero-order valence-electron chi connectivity index (χ0n) is 22.8. The molecule has 46 heavy (non-hydrogen) atoms. The lowest BCUT2D eigenvalue weighted by molar-refractivity contribution is -0.430. The fourth-order valence-corrected chi connectivity index (χ4v) is 4.87. The summed E-state index contributed by atoms with van der Waals surface area (Å²) >= 11 is 0. The number of fused-ring (bicyclic) bond motifs is 1. The van der Waals surface area contributed by atoms with Gasteiger partial charge in [0.05, 0.1) is 17.7 Å². The Balaban J connectivity index is 1.70. The third kappa shape index (κ3) is 4.86. The van der Waals surface area contributed by atoms with E-state index in [9.17, 15) is 76.0 Å². The summed E-state index contributed by atoms with van der Waals surface area (Å²) in [7, 11) is 0. The van der Waals surface area contributed by atoms with Crippen molar-refractivity contribution in [3.63, 3.8) is 0 Å². The molecule has 1 fully saturated rings. The monoisotopic (exact) mass is 648 g/mol. The van der Waals surface area contributed by atoms with Crippen molar-refractivity contribution in [1.82, 2.24) is 0 Å². The van der Waals surface area contributed by atoms with Gasteiger partial charge in [-0.25, -0.2) is 4.79 Å². The van der Waals surface area contributed by atoms with Gasteiger partial charge in [-0.1, -0.05) is 0 Å². The maximum Gasteiger partial charge on any atom is 0.357 e. The van der Waals surface area contributed by atoms with Crippen molar-refractivity contribution in [1.29, 1.82) is 0 Å². The molecular formula is C28H24O18. The van der Waals surface area contributed by atoms with Gasteiger partial charge in [0, 0.05) is 17.2 Å². The number of esters is 1. The summed E-state index contributed by atoms with van der Waals surface area (Å²) in [6, 6.07) is 4.16. The van der Waals surface area contributed by atoms with Crippen molar-refractivity contribution in [3.05, 3.63) is 46.1 Å². The lowest BCUT2D eigenvalue weighted by Crippen LogP contribution is -2.66. The second-order valence-electron chi connectivity index (χ2n) is 10.1. The van der Waals surface area contributed by atoms with Gasteiger partial charge in [-0.05, 0) is 24.3 Å². The fraction of sp³-hybridized carbons (Fsp3) is 0.214. The van der Waals surface area contributed by atoms with E-state index in [0.717, 1.165) is 18.2 Å². The number of aliphatic hydroxyl groups excluding tert-OH is 4. The first-order valence-corrected chi connectivity index (χ1v) is 12.9. The minimum atomic E-state index is -3.50. The molecule has 3 aromatic carbocycles. The van der Waals surface area contributed by atoms with E-state index >= 15 is 0 Å². The van der Waals surface area contributed by atoms with Gasteiger partial charge in [0.25, 0.3) is 0 Å². The van der Waals surface area contributed by atoms with E-state index in [0.29, 0.717) is 12.1 Å². The highest BCUT2D eigenvalue weighted by Gasteiger charge is 2.56. The molecule has 0 radical (unpaired) electrons. The number of hydrogen-bond donors (Lipinski definition) is 13. The van der Waals surface area contributed by atoms with Crippen LogP contribution in [0.4, 0.5) is 0 Å². The van der Waals surface area contributed by atoms with Crippen molar-refractivity contribution >= 4 is 16.9 Å². The van der Waals surface area contributed by atoms with Gasteiger partial charge in [-0.2, -0.15) is 0 Å². The molecule has 1 aliphatic heterocycles. The van der Waals surface area contributed by atoms with Crippen LogP contribution >= 0.6 is 0 Å². The minimum Gasteiger partial charge on any atom is -0.507 e. The Morgan fingerprint density at radius 2 is 1.46 bits per heavy atom. The second-order valence-corrected chi connectivity index (χ2v) is 10.1. The molecule has 18 heteroatoms. The molecule has 1 aliphatic rings. The Hall–Kier alpha value is -5.50. The molecule has 5 unspecified atom stereocenters. The molecule has 244 valence electrons. The van der Waals surface area contributed by atoms with Gasteiger partial charge in [-0.3, -0.25) is 4.79 Å². The predicted molar refractivity (Wildman–Crippen MR) is 147 cm³/mol. The van der Waals surface area contributed by atoms with E-state index in [1.165, 1.54) is 0 Å². The number of ether oxygens (including phenoxy) is 2. The van der Waals surface area contributed by atoms with Crippen LogP contribution in [0.25, 0.3) is 33.4 Å². The number of aromatic hydroxyl groups is 8. The summed E-state index contributed by atoms with van der Waals surface area (Å²) in [5.41, 5.74) is -5.25. The molecule has 2 heterocycles. The lowest BCUT2D eigenvalue weighted by Gasteiger charge is -2.43. The Morgan fingerprint density at radius 1 is 0.783 bits per heavy atom. The highest BCUT2D eigenvalue weighted by atomic mass is 16.8. The van der Waals surface area contributed by atoms with Gasteiger partial charge >= 0.3 is 11.9 Å². The second kappa shape index (κ2) is 11.1. The van der Waals surface area contributed by atoms with Crippen LogP contribution in [0.15, 0.2) is 39.5 Å². The Bertz CT molecular complexity index is 1950. The highest BCUT2D eigenvalue weighted by molar-refractivity contribution is 6.06. The zero-order chi connectivity index (χ0) is 34.0. The summed E-state index contributed by atoms with van der Waals surface area (Å²) in [6.45, 7) is -1.05. The van der Waals surface area contributed by atoms with Crippen LogP contribution in [-0.2, 0) is 9.47 Å². The molecule has 5 atom stereocenters. The molecule has 4 aromatic rings. The summed E-state index contributed by atoms with van der Waals surface area (Å²) in [4.78, 5) is 26.5. The molecule has 1 aromatic heterocycles. The largest absolute Gasteiger partial charge is 0.507 e. The van der Waals surface area contributed by atoms with Crippen LogP contribution in [-0.4, -0.2) is 109 Å². The van der Waals surface area contributed by atoms with Crippen LogP contribution in [0.2, 0.25) is 0 Å². The number of aliphatic hydroxyl groups is 5. The summed E-state index contributed by atoms with van der Waals surface area (Å²) in [5, 5.41) is 133. The Morgan fingerprint density at radius 3 is 2.09 bits per heavy atom. The Labute approximate surface area is 253 Å². The number of phenolic OH excluding ortho intramolecular Hbond substituents is 7. The fourth-order valence-electron chi connectivity index (χ4n) is 4.87. The van der Waals surface area contributed by atoms with Crippen molar-refractivity contribution in [3.8, 4) is 68.4 Å². The molecule has 1 saturated heterocycles. The molecule has 0 aliphatic carbocycles. The first-order valence-electron chi connectivity index (χ1n) is 12.9. The molecule has 0 amide bonds. The summed E-state index contributed by atoms with van der Waals surface area (Å²) < 4.78 is 15.1. The van der Waals surface area contributed by atoms with Crippen molar-refractivity contribution < 1.29 is 85.1 Å².